The zero-order valence-electron chi connectivity index (χ0n) is 19.0. The van der Waals surface area contributed by atoms with Crippen molar-refractivity contribution >= 4 is 39.1 Å². The highest BCUT2D eigenvalue weighted by atomic mass is 35.5. The van der Waals surface area contributed by atoms with Gasteiger partial charge in [-0.05, 0) is 73.4 Å². The van der Waals surface area contributed by atoms with Gasteiger partial charge in [0.2, 0.25) is 15.9 Å². The van der Waals surface area contributed by atoms with Crippen LogP contribution in [-0.2, 0) is 21.4 Å². The first-order valence-corrected chi connectivity index (χ1v) is 13.2. The molecule has 0 aromatic heterocycles. The van der Waals surface area contributed by atoms with Gasteiger partial charge in [0.25, 0.3) is 5.91 Å². The molecule has 2 N–H and O–H groups in total. The fraction of sp³-hybridized carbons (Fsp3) is 0.231. The van der Waals surface area contributed by atoms with Gasteiger partial charge < -0.3 is 10.6 Å². The van der Waals surface area contributed by atoms with Crippen molar-refractivity contribution in [3.8, 4) is 0 Å². The fourth-order valence-corrected chi connectivity index (χ4v) is 5.70. The lowest BCUT2D eigenvalue weighted by Gasteiger charge is -2.29. The largest absolute Gasteiger partial charge is 0.355 e. The average molecular weight is 512 g/mol. The number of sulfonamides is 1. The minimum Gasteiger partial charge on any atom is -0.355 e. The number of rotatable bonds is 7. The van der Waals surface area contributed by atoms with Gasteiger partial charge in [0, 0.05) is 29.4 Å². The number of nitrogens with zero attached hydrogens (tertiary/aromatic N) is 1. The van der Waals surface area contributed by atoms with Gasteiger partial charge in [-0.25, -0.2) is 8.42 Å². The van der Waals surface area contributed by atoms with Gasteiger partial charge in [-0.2, -0.15) is 4.31 Å². The van der Waals surface area contributed by atoms with E-state index in [-0.39, 0.29) is 23.3 Å². The Kier molecular flexibility index (Phi) is 7.85. The molecule has 4 rings (SSSR count). The molecule has 0 aliphatic carbocycles. The highest BCUT2D eigenvalue weighted by molar-refractivity contribution is 7.89. The van der Waals surface area contributed by atoms with Crippen LogP contribution in [0.2, 0.25) is 5.02 Å². The molecule has 0 radical (unpaired) electrons. The van der Waals surface area contributed by atoms with Crippen LogP contribution in [0.1, 0.15) is 35.2 Å². The van der Waals surface area contributed by atoms with E-state index in [4.69, 9.17) is 11.6 Å². The summed E-state index contributed by atoms with van der Waals surface area (Å²) < 4.78 is 28.5. The molecule has 0 spiro atoms. The molecular weight excluding hydrogens is 486 g/mol. The summed E-state index contributed by atoms with van der Waals surface area (Å²) in [6.07, 6.45) is 1.97. The number of carbonyl (C=O) groups excluding carboxylic acids is 2. The summed E-state index contributed by atoms with van der Waals surface area (Å²) in [5, 5.41) is 6.08. The molecule has 9 heteroatoms. The van der Waals surface area contributed by atoms with Crippen LogP contribution in [0, 0.1) is 0 Å². The van der Waals surface area contributed by atoms with E-state index in [0.717, 1.165) is 12.8 Å². The van der Waals surface area contributed by atoms with E-state index in [2.05, 4.69) is 10.6 Å². The summed E-state index contributed by atoms with van der Waals surface area (Å²) in [4.78, 5) is 25.3. The monoisotopic (exact) mass is 511 g/mol. The number of nitrogens with one attached hydrogen (secondary N) is 2. The molecule has 0 saturated carbocycles. The van der Waals surface area contributed by atoms with Gasteiger partial charge in [-0.15, -0.1) is 0 Å². The summed E-state index contributed by atoms with van der Waals surface area (Å²) in [6.45, 7) is 0.538. The first-order chi connectivity index (χ1) is 16.8. The Morgan fingerprint density at radius 3 is 2.34 bits per heavy atom. The maximum Gasteiger partial charge on any atom is 0.255 e. The predicted molar refractivity (Wildman–Crippen MR) is 136 cm³/mol. The molecule has 3 aromatic rings. The zero-order valence-corrected chi connectivity index (χ0v) is 20.6. The molecule has 1 aliphatic rings. The van der Waals surface area contributed by atoms with E-state index in [1.54, 1.807) is 48.5 Å². The highest BCUT2D eigenvalue weighted by Gasteiger charge is 2.36. The topological polar surface area (TPSA) is 95.6 Å². The van der Waals surface area contributed by atoms with Crippen LogP contribution in [0.3, 0.4) is 0 Å². The minimum atomic E-state index is -3.99. The second kappa shape index (κ2) is 11.0. The molecule has 35 heavy (non-hydrogen) atoms. The van der Waals surface area contributed by atoms with E-state index >= 15 is 0 Å². The standard InChI is InChI=1S/C26H26ClN3O4S/c27-21-11-15-23(16-12-21)35(33,34)30(24-8-4-5-17-28-26(24)32)18-19-9-13-22(14-10-19)29-25(31)20-6-2-1-3-7-20/h1-3,6-7,9-16,24H,4-5,8,17-18H2,(H,28,32)(H,29,31)/t24-/m1/s1. The Hall–Kier alpha value is -3.20. The van der Waals surface area contributed by atoms with Gasteiger partial charge >= 0.3 is 0 Å². The van der Waals surface area contributed by atoms with Crippen molar-refractivity contribution < 1.29 is 18.0 Å². The van der Waals surface area contributed by atoms with Crippen LogP contribution >= 0.6 is 11.6 Å². The molecule has 182 valence electrons. The Morgan fingerprint density at radius 1 is 0.971 bits per heavy atom. The maximum absolute atomic E-state index is 13.6. The summed E-state index contributed by atoms with van der Waals surface area (Å²) in [7, 11) is -3.99. The summed E-state index contributed by atoms with van der Waals surface area (Å²) in [5.41, 5.74) is 1.82. The van der Waals surface area contributed by atoms with Crippen LogP contribution in [0.25, 0.3) is 0 Å². The minimum absolute atomic E-state index is 0.00988. The molecule has 1 atom stereocenters. The first kappa shape index (κ1) is 24.9. The second-order valence-corrected chi connectivity index (χ2v) is 10.7. The van der Waals surface area contributed by atoms with Crippen LogP contribution in [-0.4, -0.2) is 37.1 Å². The number of carbonyl (C=O) groups is 2. The SMILES string of the molecule is O=C(Nc1ccc(CN([C@@H]2CCCCNC2=O)S(=O)(=O)c2ccc(Cl)cc2)cc1)c1ccccc1. The summed E-state index contributed by atoms with van der Waals surface area (Å²) in [5.74, 6) is -0.535. The number of hydrogen-bond donors (Lipinski definition) is 2. The van der Waals surface area contributed by atoms with Gasteiger partial charge in [-0.1, -0.05) is 41.9 Å². The normalized spacial score (nSPS) is 16.4. The fourth-order valence-electron chi connectivity index (χ4n) is 3.97. The van der Waals surface area contributed by atoms with Crippen LogP contribution in [0.15, 0.2) is 83.8 Å². The van der Waals surface area contributed by atoms with Crippen LogP contribution in [0.5, 0.6) is 0 Å². The molecule has 0 bridgehead atoms. The highest BCUT2D eigenvalue weighted by Crippen LogP contribution is 2.26. The van der Waals surface area contributed by atoms with Crippen molar-refractivity contribution in [2.45, 2.75) is 36.7 Å². The van der Waals surface area contributed by atoms with E-state index in [1.807, 2.05) is 6.07 Å². The second-order valence-electron chi connectivity index (χ2n) is 8.32. The molecule has 1 saturated heterocycles. The third-order valence-electron chi connectivity index (χ3n) is 5.86. The Bertz CT molecular complexity index is 1280. The van der Waals surface area contributed by atoms with Gasteiger partial charge in [0.05, 0.1) is 4.90 Å². The van der Waals surface area contributed by atoms with Gasteiger partial charge in [0.15, 0.2) is 0 Å². The van der Waals surface area contributed by atoms with E-state index in [9.17, 15) is 18.0 Å². The molecular formula is C26H26ClN3O4S. The van der Waals surface area contributed by atoms with Crippen molar-refractivity contribution in [2.75, 3.05) is 11.9 Å². The molecule has 0 unspecified atom stereocenters. The van der Waals surface area contributed by atoms with E-state index in [0.29, 0.717) is 34.8 Å². The molecule has 1 fully saturated rings. The Morgan fingerprint density at radius 2 is 1.66 bits per heavy atom. The lowest BCUT2D eigenvalue weighted by Crippen LogP contribution is -2.48. The summed E-state index contributed by atoms with van der Waals surface area (Å²) in [6, 6.07) is 20.9. The Balaban J connectivity index is 1.58. The Labute approximate surface area is 210 Å². The number of halogens is 1. The van der Waals surface area contributed by atoms with Crippen LogP contribution < -0.4 is 10.6 Å². The third kappa shape index (κ3) is 6.08. The van der Waals surface area contributed by atoms with Crippen molar-refractivity contribution in [3.05, 3.63) is 95.0 Å². The average Bonchev–Trinajstić information content (AvgIpc) is 3.08. The lowest BCUT2D eigenvalue weighted by molar-refractivity contribution is -0.124. The van der Waals surface area contributed by atoms with Crippen molar-refractivity contribution in [1.82, 2.24) is 9.62 Å². The summed E-state index contributed by atoms with van der Waals surface area (Å²) >= 11 is 5.95. The number of anilines is 1. The van der Waals surface area contributed by atoms with Crippen molar-refractivity contribution in [2.24, 2.45) is 0 Å². The van der Waals surface area contributed by atoms with Gasteiger partial charge in [-0.3, -0.25) is 9.59 Å². The van der Waals surface area contributed by atoms with Crippen LogP contribution in [0.4, 0.5) is 5.69 Å². The van der Waals surface area contributed by atoms with E-state index < -0.39 is 16.1 Å². The molecule has 2 amide bonds. The van der Waals surface area contributed by atoms with Crippen molar-refractivity contribution in [1.29, 1.82) is 0 Å². The number of benzene rings is 3. The zero-order chi connectivity index (χ0) is 24.8. The quantitative estimate of drug-likeness (QED) is 0.490. The van der Waals surface area contributed by atoms with Crippen molar-refractivity contribution in [3.63, 3.8) is 0 Å². The van der Waals surface area contributed by atoms with E-state index in [1.165, 1.54) is 28.6 Å². The molecule has 1 aliphatic heterocycles. The maximum atomic E-state index is 13.6. The third-order valence-corrected chi connectivity index (χ3v) is 7.98. The number of amides is 2. The number of hydrogen-bond acceptors (Lipinski definition) is 4. The molecule has 7 nitrogen and oxygen atoms in total. The predicted octanol–water partition coefficient (Wildman–Crippen LogP) is 4.45. The van der Waals surface area contributed by atoms with Gasteiger partial charge in [0.1, 0.15) is 6.04 Å². The first-order valence-electron chi connectivity index (χ1n) is 11.3. The smallest absolute Gasteiger partial charge is 0.255 e. The molecule has 3 aromatic carbocycles. The lowest BCUT2D eigenvalue weighted by atomic mass is 10.1. The molecule has 1 heterocycles.